The van der Waals surface area contributed by atoms with Gasteiger partial charge in [-0.25, -0.2) is 4.98 Å². The first-order valence-corrected chi connectivity index (χ1v) is 8.52. The minimum Gasteiger partial charge on any atom is -0.497 e. The van der Waals surface area contributed by atoms with Gasteiger partial charge in [0, 0.05) is 12.7 Å². The van der Waals surface area contributed by atoms with Crippen LogP contribution in [-0.2, 0) is 11.2 Å². The lowest BCUT2D eigenvalue weighted by atomic mass is 10.0. The van der Waals surface area contributed by atoms with Gasteiger partial charge in [0.2, 0.25) is 5.91 Å². The summed E-state index contributed by atoms with van der Waals surface area (Å²) in [6.45, 7) is 0.220. The summed E-state index contributed by atoms with van der Waals surface area (Å²) >= 11 is 0. The topological polar surface area (TPSA) is 42.4 Å². The number of halogens is 3. The zero-order chi connectivity index (χ0) is 19.4. The van der Waals surface area contributed by atoms with Gasteiger partial charge in [-0.15, -0.1) is 0 Å². The number of fused-ring (bicyclic) bond motifs is 1. The number of anilines is 1. The molecule has 0 N–H and O–H groups in total. The van der Waals surface area contributed by atoms with Crippen LogP contribution in [0.2, 0.25) is 0 Å². The van der Waals surface area contributed by atoms with Gasteiger partial charge in [0.15, 0.2) is 0 Å². The molecule has 1 aromatic heterocycles. The largest absolute Gasteiger partial charge is 0.497 e. The second-order valence-corrected chi connectivity index (χ2v) is 6.23. The lowest BCUT2D eigenvalue weighted by Crippen LogP contribution is -2.42. The zero-order valence-electron chi connectivity index (χ0n) is 14.7. The lowest BCUT2D eigenvalue weighted by molar-refractivity contribution is -0.180. The van der Waals surface area contributed by atoms with Crippen LogP contribution in [0.1, 0.15) is 17.5 Å². The molecule has 0 bridgehead atoms. The highest BCUT2D eigenvalue weighted by Crippen LogP contribution is 2.34. The van der Waals surface area contributed by atoms with E-state index in [1.165, 1.54) is 19.4 Å². The molecule has 1 aromatic carbocycles. The Kier molecular flexibility index (Phi) is 5.48. The van der Waals surface area contributed by atoms with E-state index in [1.807, 2.05) is 0 Å². The van der Waals surface area contributed by atoms with Gasteiger partial charge in [0.1, 0.15) is 17.5 Å². The van der Waals surface area contributed by atoms with E-state index in [-0.39, 0.29) is 6.54 Å². The average molecular weight is 376 g/mol. The molecular weight excluding hydrogens is 357 g/mol. The number of hydrogen-bond acceptors (Lipinski definition) is 3. The zero-order valence-corrected chi connectivity index (χ0v) is 14.7. The van der Waals surface area contributed by atoms with E-state index < -0.39 is 24.4 Å². The van der Waals surface area contributed by atoms with Crippen LogP contribution in [-0.4, -0.2) is 30.7 Å². The maximum Gasteiger partial charge on any atom is 0.400 e. The van der Waals surface area contributed by atoms with E-state index in [0.717, 1.165) is 10.5 Å². The summed E-state index contributed by atoms with van der Waals surface area (Å²) in [4.78, 5) is 17.8. The maximum absolute atomic E-state index is 13.5. The van der Waals surface area contributed by atoms with Crippen LogP contribution in [0.15, 0.2) is 48.7 Å². The summed E-state index contributed by atoms with van der Waals surface area (Å²) in [6, 6.07) is 10.5. The third-order valence-electron chi connectivity index (χ3n) is 4.46. The molecule has 0 spiro atoms. The minimum atomic E-state index is -4.63. The van der Waals surface area contributed by atoms with Gasteiger partial charge in [-0.3, -0.25) is 9.69 Å². The first-order chi connectivity index (χ1) is 12.9. The Balaban J connectivity index is 1.77. The van der Waals surface area contributed by atoms with Crippen LogP contribution >= 0.6 is 0 Å². The Bertz CT molecular complexity index is 849. The van der Waals surface area contributed by atoms with Gasteiger partial charge in [0.25, 0.3) is 0 Å². The number of carbonyl (C=O) groups excluding carboxylic acids is 1. The molecule has 0 saturated carbocycles. The highest BCUT2D eigenvalue weighted by Gasteiger charge is 2.47. The number of amides is 1. The average Bonchev–Trinajstić information content (AvgIpc) is 3.08. The number of pyridine rings is 1. The molecule has 0 saturated heterocycles. The highest BCUT2D eigenvalue weighted by molar-refractivity contribution is 5.96. The molecule has 1 aliphatic rings. The van der Waals surface area contributed by atoms with Crippen molar-refractivity contribution >= 4 is 17.8 Å². The Labute approximate surface area is 155 Å². The number of methoxy groups -OCH3 is 1. The van der Waals surface area contributed by atoms with E-state index >= 15 is 0 Å². The van der Waals surface area contributed by atoms with Gasteiger partial charge in [-0.05, 0) is 42.2 Å². The number of aromatic nitrogens is 1. The third-order valence-corrected chi connectivity index (χ3v) is 4.46. The van der Waals surface area contributed by atoms with Crippen molar-refractivity contribution in [2.45, 2.75) is 19.0 Å². The first-order valence-electron chi connectivity index (χ1n) is 8.52. The van der Waals surface area contributed by atoms with Crippen molar-refractivity contribution in [2.75, 3.05) is 18.6 Å². The summed E-state index contributed by atoms with van der Waals surface area (Å²) in [5.41, 5.74) is 1.50. The third kappa shape index (κ3) is 4.30. The van der Waals surface area contributed by atoms with Crippen molar-refractivity contribution in [3.63, 3.8) is 0 Å². The molecule has 142 valence electrons. The molecule has 7 heteroatoms. The predicted octanol–water partition coefficient (Wildman–Crippen LogP) is 4.26. The van der Waals surface area contributed by atoms with Crippen LogP contribution in [0.3, 0.4) is 0 Å². The molecular formula is C20H19F3N2O2. The molecule has 2 aromatic rings. The minimum absolute atomic E-state index is 0.220. The predicted molar refractivity (Wildman–Crippen MR) is 96.5 cm³/mol. The second kappa shape index (κ2) is 7.82. The Morgan fingerprint density at radius 3 is 2.89 bits per heavy atom. The van der Waals surface area contributed by atoms with Crippen molar-refractivity contribution in [3.05, 3.63) is 59.8 Å². The summed E-state index contributed by atoms with van der Waals surface area (Å²) in [5.74, 6) is -2.13. The smallest absolute Gasteiger partial charge is 0.400 e. The van der Waals surface area contributed by atoms with E-state index in [9.17, 15) is 18.0 Å². The molecule has 0 aliphatic carbocycles. The van der Waals surface area contributed by atoms with Crippen molar-refractivity contribution in [1.82, 2.24) is 4.98 Å². The van der Waals surface area contributed by atoms with Crippen molar-refractivity contribution in [2.24, 2.45) is 5.92 Å². The molecule has 4 nitrogen and oxygen atoms in total. The van der Waals surface area contributed by atoms with Crippen molar-refractivity contribution < 1.29 is 22.7 Å². The molecule has 1 atom stereocenters. The Morgan fingerprint density at radius 2 is 2.15 bits per heavy atom. The van der Waals surface area contributed by atoms with E-state index in [1.54, 1.807) is 42.5 Å². The van der Waals surface area contributed by atoms with Crippen molar-refractivity contribution in [3.8, 4) is 5.75 Å². The Hall–Kier alpha value is -2.83. The number of alkyl halides is 3. The van der Waals surface area contributed by atoms with Gasteiger partial charge >= 0.3 is 6.18 Å². The van der Waals surface area contributed by atoms with Gasteiger partial charge in [-0.2, -0.15) is 13.2 Å². The fourth-order valence-electron chi connectivity index (χ4n) is 3.07. The van der Waals surface area contributed by atoms with Crippen LogP contribution in [0.4, 0.5) is 19.0 Å². The summed E-state index contributed by atoms with van der Waals surface area (Å²) in [5, 5.41) is 0. The SMILES string of the molecule is COc1cccc(/C=C/C[C@H](C(=O)N2CCc3cccnc32)C(F)(F)F)c1. The normalized spacial score (nSPS) is 15.0. The molecule has 1 aliphatic heterocycles. The first kappa shape index (κ1) is 18.9. The summed E-state index contributed by atoms with van der Waals surface area (Å²) in [7, 11) is 1.52. The maximum atomic E-state index is 13.5. The quantitative estimate of drug-likeness (QED) is 0.783. The van der Waals surface area contributed by atoms with E-state index in [4.69, 9.17) is 4.74 Å². The fraction of sp³-hybridized carbons (Fsp3) is 0.300. The van der Waals surface area contributed by atoms with Crippen LogP contribution in [0, 0.1) is 5.92 Å². The summed E-state index contributed by atoms with van der Waals surface area (Å²) in [6.07, 6.45) is -0.134. The van der Waals surface area contributed by atoms with Gasteiger partial charge < -0.3 is 4.74 Å². The van der Waals surface area contributed by atoms with Crippen molar-refractivity contribution in [1.29, 1.82) is 0 Å². The Morgan fingerprint density at radius 1 is 1.33 bits per heavy atom. The molecule has 1 amide bonds. The number of allylic oxidation sites excluding steroid dienone is 1. The fourth-order valence-corrected chi connectivity index (χ4v) is 3.07. The van der Waals surface area contributed by atoms with E-state index in [0.29, 0.717) is 23.6 Å². The molecule has 0 radical (unpaired) electrons. The standard InChI is InChI=1S/C20H19F3N2O2/c1-27-16-8-2-5-14(13-16)6-3-9-17(20(21,22)23)19(26)25-12-10-15-7-4-11-24-18(15)25/h2-8,11,13,17H,9-10,12H2,1H3/b6-3+/t17-/m1/s1. The highest BCUT2D eigenvalue weighted by atomic mass is 19.4. The monoisotopic (exact) mass is 376 g/mol. The van der Waals surface area contributed by atoms with Crippen LogP contribution in [0.25, 0.3) is 6.08 Å². The number of benzene rings is 1. The molecule has 0 fully saturated rings. The number of ether oxygens (including phenoxy) is 1. The number of carbonyl (C=O) groups is 1. The molecule has 3 rings (SSSR count). The van der Waals surface area contributed by atoms with Gasteiger partial charge in [0.05, 0.1) is 7.11 Å². The van der Waals surface area contributed by atoms with E-state index in [2.05, 4.69) is 4.98 Å². The molecule has 0 unspecified atom stereocenters. The van der Waals surface area contributed by atoms with Gasteiger partial charge in [-0.1, -0.05) is 30.4 Å². The lowest BCUT2D eigenvalue weighted by Gasteiger charge is -2.24. The number of hydrogen-bond donors (Lipinski definition) is 0. The molecule has 2 heterocycles. The number of rotatable bonds is 5. The summed E-state index contributed by atoms with van der Waals surface area (Å²) < 4.78 is 45.7. The number of nitrogens with zero attached hydrogens (tertiary/aromatic N) is 2. The van der Waals surface area contributed by atoms with Crippen LogP contribution in [0.5, 0.6) is 5.75 Å². The second-order valence-electron chi connectivity index (χ2n) is 6.23. The van der Waals surface area contributed by atoms with Crippen LogP contribution < -0.4 is 9.64 Å². The molecule has 27 heavy (non-hydrogen) atoms.